The van der Waals surface area contributed by atoms with Crippen molar-refractivity contribution in [1.82, 2.24) is 4.90 Å². The molecule has 11 heavy (non-hydrogen) atoms. The van der Waals surface area contributed by atoms with Crippen LogP contribution in [-0.4, -0.2) is 23.0 Å². The van der Waals surface area contributed by atoms with Gasteiger partial charge in [-0.05, 0) is 32.1 Å². The highest BCUT2D eigenvalue weighted by Gasteiger charge is 2.30. The number of hydrogen-bond donors (Lipinski definition) is 0. The summed E-state index contributed by atoms with van der Waals surface area (Å²) in [5, 5.41) is 0. The zero-order chi connectivity index (χ0) is 7.68. The number of piperidine rings is 1. The molecule has 1 radical (unpaired) electrons. The average molecular weight is 173 g/mol. The first kappa shape index (κ1) is 7.88. The van der Waals surface area contributed by atoms with Gasteiger partial charge in [-0.15, -0.1) is 11.6 Å². The van der Waals surface area contributed by atoms with Crippen LogP contribution in [0.3, 0.4) is 0 Å². The molecule has 2 rings (SSSR count). The maximum absolute atomic E-state index is 6.18. The summed E-state index contributed by atoms with van der Waals surface area (Å²) in [5.41, 5.74) is 0.300. The highest BCUT2D eigenvalue weighted by atomic mass is 35.5. The van der Waals surface area contributed by atoms with Gasteiger partial charge in [0.05, 0.1) is 5.50 Å². The maximum Gasteiger partial charge on any atom is 0.0855 e. The molecule has 1 aliphatic carbocycles. The lowest BCUT2D eigenvalue weighted by Gasteiger charge is -2.42. The smallest absolute Gasteiger partial charge is 0.0855 e. The third-order valence-corrected chi connectivity index (χ3v) is 3.29. The molecule has 0 spiro atoms. The lowest BCUT2D eigenvalue weighted by Crippen LogP contribution is -2.46. The first-order valence-corrected chi connectivity index (χ1v) is 5.03. The van der Waals surface area contributed by atoms with E-state index in [1.54, 1.807) is 0 Å². The van der Waals surface area contributed by atoms with Gasteiger partial charge in [0.1, 0.15) is 0 Å². The Balaban J connectivity index is 1.88. The van der Waals surface area contributed by atoms with E-state index in [1.807, 2.05) is 0 Å². The van der Waals surface area contributed by atoms with Crippen LogP contribution in [0.15, 0.2) is 0 Å². The fraction of sp³-hybridized carbons (Fsp3) is 0.889. The van der Waals surface area contributed by atoms with E-state index in [-0.39, 0.29) is 0 Å². The van der Waals surface area contributed by atoms with Gasteiger partial charge in [-0.25, -0.2) is 0 Å². The second-order valence-corrected chi connectivity index (χ2v) is 4.07. The molecule has 0 N–H and O–H groups in total. The average Bonchev–Trinajstić information content (AvgIpc) is 1.90. The van der Waals surface area contributed by atoms with Crippen LogP contribution in [0, 0.1) is 6.42 Å². The SMILES string of the molecule is ClC1C[CH]CCN1C1CCC1. The van der Waals surface area contributed by atoms with E-state index in [2.05, 4.69) is 11.3 Å². The van der Waals surface area contributed by atoms with Crippen LogP contribution in [0.25, 0.3) is 0 Å². The highest BCUT2D eigenvalue weighted by molar-refractivity contribution is 6.20. The summed E-state index contributed by atoms with van der Waals surface area (Å²) in [6, 6.07) is 0.825. The van der Waals surface area contributed by atoms with E-state index in [1.165, 1.54) is 32.2 Å². The molecule has 1 nitrogen and oxygen atoms in total. The normalized spacial score (nSPS) is 35.2. The summed E-state index contributed by atoms with van der Waals surface area (Å²) in [7, 11) is 0. The maximum atomic E-state index is 6.18. The van der Waals surface area contributed by atoms with E-state index >= 15 is 0 Å². The topological polar surface area (TPSA) is 3.24 Å². The molecule has 0 bridgehead atoms. The van der Waals surface area contributed by atoms with Crippen LogP contribution < -0.4 is 0 Å². The van der Waals surface area contributed by atoms with Crippen LogP contribution >= 0.6 is 11.6 Å². The van der Waals surface area contributed by atoms with Gasteiger partial charge >= 0.3 is 0 Å². The molecule has 0 aromatic carbocycles. The summed E-state index contributed by atoms with van der Waals surface area (Å²) >= 11 is 6.18. The van der Waals surface area contributed by atoms with Crippen molar-refractivity contribution < 1.29 is 0 Å². The molecule has 1 unspecified atom stereocenters. The third kappa shape index (κ3) is 1.54. The third-order valence-electron chi connectivity index (χ3n) is 2.86. The van der Waals surface area contributed by atoms with E-state index in [9.17, 15) is 0 Å². The Kier molecular flexibility index (Phi) is 2.38. The van der Waals surface area contributed by atoms with E-state index in [0.717, 1.165) is 12.5 Å². The molecule has 1 atom stereocenters. The van der Waals surface area contributed by atoms with Crippen LogP contribution in [0.4, 0.5) is 0 Å². The van der Waals surface area contributed by atoms with Crippen molar-refractivity contribution in [3.63, 3.8) is 0 Å². The van der Waals surface area contributed by atoms with Crippen LogP contribution in [0.5, 0.6) is 0 Å². The molecule has 0 aromatic heterocycles. The lowest BCUT2D eigenvalue weighted by atomic mass is 9.90. The number of halogens is 1. The predicted octanol–water partition coefficient (Wildman–Crippen LogP) is 2.40. The minimum absolute atomic E-state index is 0.300. The number of likely N-dealkylation sites (tertiary alicyclic amines) is 1. The van der Waals surface area contributed by atoms with Gasteiger partial charge in [0, 0.05) is 12.6 Å². The number of alkyl halides is 1. The van der Waals surface area contributed by atoms with Gasteiger partial charge in [-0.1, -0.05) is 6.42 Å². The number of nitrogens with zero attached hydrogens (tertiary/aromatic N) is 1. The van der Waals surface area contributed by atoms with Crippen LogP contribution in [0.1, 0.15) is 32.1 Å². The Morgan fingerprint density at radius 1 is 1.36 bits per heavy atom. The van der Waals surface area contributed by atoms with Gasteiger partial charge < -0.3 is 0 Å². The van der Waals surface area contributed by atoms with E-state index < -0.39 is 0 Å². The number of hydrogen-bond acceptors (Lipinski definition) is 1. The Labute approximate surface area is 73.7 Å². The van der Waals surface area contributed by atoms with Crippen molar-refractivity contribution >= 4 is 11.6 Å². The number of rotatable bonds is 1. The monoisotopic (exact) mass is 172 g/mol. The van der Waals surface area contributed by atoms with Crippen molar-refractivity contribution in [2.75, 3.05) is 6.54 Å². The Bertz CT molecular complexity index is 132. The molecule has 63 valence electrons. The van der Waals surface area contributed by atoms with Crippen LogP contribution in [-0.2, 0) is 0 Å². The quantitative estimate of drug-likeness (QED) is 0.434. The zero-order valence-corrected chi connectivity index (χ0v) is 7.56. The standard InChI is InChI=1S/C9H15ClN/c10-9-6-1-2-7-11(9)8-4-3-5-8/h1,8-9H,2-7H2. The summed E-state index contributed by atoms with van der Waals surface area (Å²) in [6.45, 7) is 1.19. The fourth-order valence-electron chi connectivity index (χ4n) is 1.90. The molecule has 2 fully saturated rings. The first-order valence-electron chi connectivity index (χ1n) is 4.59. The van der Waals surface area contributed by atoms with Gasteiger partial charge in [0.15, 0.2) is 0 Å². The molecular weight excluding hydrogens is 158 g/mol. The van der Waals surface area contributed by atoms with E-state index in [4.69, 9.17) is 11.6 Å². The fourth-order valence-corrected chi connectivity index (χ4v) is 2.28. The molecule has 1 saturated heterocycles. The lowest BCUT2D eigenvalue weighted by molar-refractivity contribution is 0.0994. The van der Waals surface area contributed by atoms with Crippen molar-refractivity contribution in [3.05, 3.63) is 6.42 Å². The Morgan fingerprint density at radius 3 is 2.73 bits per heavy atom. The van der Waals surface area contributed by atoms with Crippen molar-refractivity contribution in [1.29, 1.82) is 0 Å². The molecule has 2 aliphatic rings. The Hall–Kier alpha value is 0.250. The summed E-state index contributed by atoms with van der Waals surface area (Å²) in [4.78, 5) is 2.48. The molecule has 1 aliphatic heterocycles. The predicted molar refractivity (Wildman–Crippen MR) is 47.5 cm³/mol. The zero-order valence-electron chi connectivity index (χ0n) is 6.80. The van der Waals surface area contributed by atoms with Crippen LogP contribution in [0.2, 0.25) is 0 Å². The largest absolute Gasteiger partial charge is 0.284 e. The highest BCUT2D eigenvalue weighted by Crippen LogP contribution is 2.31. The van der Waals surface area contributed by atoms with E-state index in [0.29, 0.717) is 5.50 Å². The van der Waals surface area contributed by atoms with Gasteiger partial charge in [0.2, 0.25) is 0 Å². The molecule has 0 amide bonds. The molecule has 0 aromatic rings. The van der Waals surface area contributed by atoms with Crippen molar-refractivity contribution in [3.8, 4) is 0 Å². The Morgan fingerprint density at radius 2 is 2.18 bits per heavy atom. The summed E-state index contributed by atoms with van der Waals surface area (Å²) in [6.07, 6.45) is 8.80. The van der Waals surface area contributed by atoms with Crippen molar-refractivity contribution in [2.45, 2.75) is 43.6 Å². The summed E-state index contributed by atoms with van der Waals surface area (Å²) < 4.78 is 0. The molecular formula is C9H15ClN. The van der Waals surface area contributed by atoms with Gasteiger partial charge in [-0.2, -0.15) is 0 Å². The second-order valence-electron chi connectivity index (χ2n) is 3.57. The summed E-state index contributed by atoms with van der Waals surface area (Å²) in [5.74, 6) is 0. The molecule has 2 heteroatoms. The van der Waals surface area contributed by atoms with Gasteiger partial charge in [-0.3, -0.25) is 4.90 Å². The minimum atomic E-state index is 0.300. The molecule has 1 saturated carbocycles. The first-order chi connectivity index (χ1) is 5.38. The molecule has 1 heterocycles. The second kappa shape index (κ2) is 3.32. The van der Waals surface area contributed by atoms with Crippen molar-refractivity contribution in [2.24, 2.45) is 0 Å². The minimum Gasteiger partial charge on any atom is -0.284 e. The van der Waals surface area contributed by atoms with Gasteiger partial charge in [0.25, 0.3) is 0 Å².